The van der Waals surface area contributed by atoms with Crippen molar-refractivity contribution in [2.45, 2.75) is 51.2 Å². The van der Waals surface area contributed by atoms with Crippen molar-refractivity contribution in [3.63, 3.8) is 0 Å². The van der Waals surface area contributed by atoms with E-state index in [1.54, 1.807) is 0 Å². The Hall–Kier alpha value is -0.860. The molecule has 1 aromatic rings. The molecule has 1 saturated carbocycles. The molecule has 2 aliphatic rings. The molecule has 1 aliphatic carbocycles. The number of hydrogen-bond donors (Lipinski definition) is 1. The summed E-state index contributed by atoms with van der Waals surface area (Å²) in [7, 11) is 0. The largest absolute Gasteiger partial charge is 0.364 e. The summed E-state index contributed by atoms with van der Waals surface area (Å²) in [5.41, 5.74) is 4.24. The third-order valence-corrected chi connectivity index (χ3v) is 4.55. The molecule has 2 heteroatoms. The standard InChI is InChI=1S/C16H23NO/c1-12-6-5-7-13(2)15(12)14-10-17-11-16(18-14)8-3-4-9-16/h5-7,14,17H,3-4,8-11H2,1-2H3. The van der Waals surface area contributed by atoms with E-state index >= 15 is 0 Å². The van der Waals surface area contributed by atoms with Crippen molar-refractivity contribution in [3.05, 3.63) is 34.9 Å². The number of hydrogen-bond acceptors (Lipinski definition) is 2. The topological polar surface area (TPSA) is 21.3 Å². The van der Waals surface area contributed by atoms with Gasteiger partial charge in [0, 0.05) is 13.1 Å². The van der Waals surface area contributed by atoms with Gasteiger partial charge in [-0.3, -0.25) is 0 Å². The first-order chi connectivity index (χ1) is 8.70. The van der Waals surface area contributed by atoms with Crippen molar-refractivity contribution in [1.29, 1.82) is 0 Å². The Morgan fingerprint density at radius 3 is 2.50 bits per heavy atom. The van der Waals surface area contributed by atoms with E-state index in [2.05, 4.69) is 37.4 Å². The molecule has 1 unspecified atom stereocenters. The van der Waals surface area contributed by atoms with Gasteiger partial charge < -0.3 is 10.1 Å². The summed E-state index contributed by atoms with van der Waals surface area (Å²) in [6.45, 7) is 6.38. The second-order valence-corrected chi connectivity index (χ2v) is 5.93. The molecule has 1 saturated heterocycles. The lowest BCUT2D eigenvalue weighted by Crippen LogP contribution is -2.49. The summed E-state index contributed by atoms with van der Waals surface area (Å²) < 4.78 is 6.52. The highest BCUT2D eigenvalue weighted by Gasteiger charge is 2.40. The lowest BCUT2D eigenvalue weighted by molar-refractivity contribution is -0.114. The number of morpholine rings is 1. The quantitative estimate of drug-likeness (QED) is 0.820. The van der Waals surface area contributed by atoms with Gasteiger partial charge in [0.2, 0.25) is 0 Å². The van der Waals surface area contributed by atoms with E-state index in [1.165, 1.54) is 42.4 Å². The Labute approximate surface area is 110 Å². The molecular weight excluding hydrogens is 222 g/mol. The van der Waals surface area contributed by atoms with Gasteiger partial charge in [0.05, 0.1) is 11.7 Å². The van der Waals surface area contributed by atoms with Crippen LogP contribution < -0.4 is 5.32 Å². The van der Waals surface area contributed by atoms with Crippen LogP contribution in [0.15, 0.2) is 18.2 Å². The molecule has 2 fully saturated rings. The summed E-state index contributed by atoms with van der Waals surface area (Å²) in [4.78, 5) is 0. The fourth-order valence-corrected chi connectivity index (χ4v) is 3.63. The summed E-state index contributed by atoms with van der Waals surface area (Å²) in [6, 6.07) is 6.53. The Kier molecular flexibility index (Phi) is 3.16. The van der Waals surface area contributed by atoms with Gasteiger partial charge in [0.25, 0.3) is 0 Å². The fourth-order valence-electron chi connectivity index (χ4n) is 3.63. The highest BCUT2D eigenvalue weighted by atomic mass is 16.5. The molecule has 1 aliphatic heterocycles. The SMILES string of the molecule is Cc1cccc(C)c1C1CNCC2(CCCC2)O1. The minimum atomic E-state index is 0.123. The van der Waals surface area contributed by atoms with E-state index < -0.39 is 0 Å². The zero-order chi connectivity index (χ0) is 12.6. The van der Waals surface area contributed by atoms with Crippen LogP contribution in [0.3, 0.4) is 0 Å². The van der Waals surface area contributed by atoms with Crippen molar-refractivity contribution in [2.24, 2.45) is 0 Å². The number of ether oxygens (including phenoxy) is 1. The molecule has 0 amide bonds. The average molecular weight is 245 g/mol. The van der Waals surface area contributed by atoms with Gasteiger partial charge in [-0.1, -0.05) is 31.0 Å². The predicted octanol–water partition coefficient (Wildman–Crippen LogP) is 3.28. The van der Waals surface area contributed by atoms with E-state index in [4.69, 9.17) is 4.74 Å². The maximum Gasteiger partial charge on any atom is 0.0962 e. The van der Waals surface area contributed by atoms with E-state index in [9.17, 15) is 0 Å². The van der Waals surface area contributed by atoms with Crippen molar-refractivity contribution in [3.8, 4) is 0 Å². The lowest BCUT2D eigenvalue weighted by Gasteiger charge is -2.40. The van der Waals surface area contributed by atoms with Gasteiger partial charge in [0.15, 0.2) is 0 Å². The van der Waals surface area contributed by atoms with E-state index in [-0.39, 0.29) is 11.7 Å². The van der Waals surface area contributed by atoms with Crippen LogP contribution in [-0.2, 0) is 4.74 Å². The van der Waals surface area contributed by atoms with Crippen molar-refractivity contribution in [2.75, 3.05) is 13.1 Å². The second-order valence-electron chi connectivity index (χ2n) is 5.93. The average Bonchev–Trinajstić information content (AvgIpc) is 2.77. The number of aryl methyl sites for hydroxylation is 2. The smallest absolute Gasteiger partial charge is 0.0962 e. The zero-order valence-corrected chi connectivity index (χ0v) is 11.5. The summed E-state index contributed by atoms with van der Waals surface area (Å²) in [5, 5.41) is 3.60. The van der Waals surface area contributed by atoms with Crippen LogP contribution in [0.25, 0.3) is 0 Å². The fraction of sp³-hybridized carbons (Fsp3) is 0.625. The molecule has 98 valence electrons. The minimum Gasteiger partial charge on any atom is -0.364 e. The minimum absolute atomic E-state index is 0.123. The molecule has 1 heterocycles. The Bertz CT molecular complexity index is 414. The van der Waals surface area contributed by atoms with Crippen LogP contribution in [0.2, 0.25) is 0 Å². The highest BCUT2D eigenvalue weighted by molar-refractivity contribution is 5.36. The van der Waals surface area contributed by atoms with Gasteiger partial charge in [0.1, 0.15) is 0 Å². The van der Waals surface area contributed by atoms with Gasteiger partial charge in [-0.05, 0) is 43.4 Å². The van der Waals surface area contributed by atoms with Gasteiger partial charge >= 0.3 is 0 Å². The Balaban J connectivity index is 1.88. The maximum atomic E-state index is 6.52. The Morgan fingerprint density at radius 2 is 1.83 bits per heavy atom. The molecule has 2 nitrogen and oxygen atoms in total. The normalized spacial score (nSPS) is 26.7. The van der Waals surface area contributed by atoms with E-state index in [1.807, 2.05) is 0 Å². The molecule has 1 spiro atoms. The first-order valence-electron chi connectivity index (χ1n) is 7.15. The van der Waals surface area contributed by atoms with E-state index in [0.717, 1.165) is 13.1 Å². The third-order valence-electron chi connectivity index (χ3n) is 4.55. The van der Waals surface area contributed by atoms with Crippen LogP contribution >= 0.6 is 0 Å². The number of nitrogens with one attached hydrogen (secondary N) is 1. The zero-order valence-electron chi connectivity index (χ0n) is 11.5. The van der Waals surface area contributed by atoms with Crippen LogP contribution in [0.4, 0.5) is 0 Å². The molecular formula is C16H23NO. The summed E-state index contributed by atoms with van der Waals surface area (Å²) >= 11 is 0. The summed E-state index contributed by atoms with van der Waals surface area (Å²) in [6.07, 6.45) is 5.32. The van der Waals surface area contributed by atoms with Crippen molar-refractivity contribution < 1.29 is 4.74 Å². The molecule has 0 bridgehead atoms. The lowest BCUT2D eigenvalue weighted by atomic mass is 9.93. The number of rotatable bonds is 1. The van der Waals surface area contributed by atoms with Crippen LogP contribution in [0, 0.1) is 13.8 Å². The highest BCUT2D eigenvalue weighted by Crippen LogP contribution is 2.40. The molecule has 1 aromatic carbocycles. The molecule has 1 N–H and O–H groups in total. The van der Waals surface area contributed by atoms with Crippen molar-refractivity contribution >= 4 is 0 Å². The monoisotopic (exact) mass is 245 g/mol. The number of benzene rings is 1. The maximum absolute atomic E-state index is 6.52. The van der Waals surface area contributed by atoms with Crippen LogP contribution in [-0.4, -0.2) is 18.7 Å². The third kappa shape index (κ3) is 2.08. The van der Waals surface area contributed by atoms with Gasteiger partial charge in [-0.25, -0.2) is 0 Å². The van der Waals surface area contributed by atoms with Gasteiger partial charge in [-0.2, -0.15) is 0 Å². The molecule has 1 atom stereocenters. The van der Waals surface area contributed by atoms with Gasteiger partial charge in [-0.15, -0.1) is 0 Å². The van der Waals surface area contributed by atoms with Crippen molar-refractivity contribution in [1.82, 2.24) is 5.32 Å². The second kappa shape index (κ2) is 4.67. The van der Waals surface area contributed by atoms with Crippen LogP contribution in [0.1, 0.15) is 48.5 Å². The first kappa shape index (κ1) is 12.2. The summed E-state index contributed by atoms with van der Waals surface area (Å²) in [5.74, 6) is 0. The molecule has 0 aromatic heterocycles. The Morgan fingerprint density at radius 1 is 1.17 bits per heavy atom. The van der Waals surface area contributed by atoms with Crippen LogP contribution in [0.5, 0.6) is 0 Å². The first-order valence-corrected chi connectivity index (χ1v) is 7.15. The predicted molar refractivity (Wildman–Crippen MR) is 73.8 cm³/mol. The van der Waals surface area contributed by atoms with E-state index in [0.29, 0.717) is 0 Å². The molecule has 18 heavy (non-hydrogen) atoms. The molecule has 0 radical (unpaired) electrons. The molecule has 3 rings (SSSR count).